The molecule has 0 saturated carbocycles. The van der Waals surface area contributed by atoms with Crippen molar-refractivity contribution < 1.29 is 9.59 Å². The number of likely N-dealkylation sites (tertiary alicyclic amines) is 2. The molecule has 2 aliphatic rings. The summed E-state index contributed by atoms with van der Waals surface area (Å²) in [5, 5.41) is 3.83. The number of amides is 3. The smallest absolute Gasteiger partial charge is 0.317 e. The molecule has 2 saturated heterocycles. The highest BCUT2D eigenvalue weighted by atomic mass is 35.5. The lowest BCUT2D eigenvalue weighted by Crippen LogP contribution is -2.56. The van der Waals surface area contributed by atoms with E-state index < -0.39 is 0 Å². The summed E-state index contributed by atoms with van der Waals surface area (Å²) < 4.78 is 0. The molecule has 3 amide bonds. The molecule has 0 aromatic heterocycles. The third-order valence-electron chi connectivity index (χ3n) is 4.78. The van der Waals surface area contributed by atoms with Crippen LogP contribution in [0.2, 0.25) is 5.02 Å². The fourth-order valence-corrected chi connectivity index (χ4v) is 3.32. The summed E-state index contributed by atoms with van der Waals surface area (Å²) in [5.74, 6) is 0.515. The van der Waals surface area contributed by atoms with E-state index in [0.717, 1.165) is 44.0 Å². The summed E-state index contributed by atoms with van der Waals surface area (Å²) in [6, 6.07) is 8.02. The minimum atomic E-state index is 0.0106. The van der Waals surface area contributed by atoms with Gasteiger partial charge in [-0.3, -0.25) is 4.79 Å². The molecule has 0 bridgehead atoms. The Bertz CT molecular complexity index is 576. The Morgan fingerprint density at radius 3 is 2.26 bits per heavy atom. The van der Waals surface area contributed by atoms with E-state index in [2.05, 4.69) is 5.32 Å². The van der Waals surface area contributed by atoms with E-state index in [1.807, 2.05) is 34.1 Å². The fraction of sp³-hybridized carbons (Fsp3) is 0.529. The summed E-state index contributed by atoms with van der Waals surface area (Å²) in [6.45, 7) is 4.55. The van der Waals surface area contributed by atoms with E-state index in [0.29, 0.717) is 5.92 Å². The number of piperidine rings is 1. The van der Waals surface area contributed by atoms with Gasteiger partial charge in [0.25, 0.3) is 0 Å². The van der Waals surface area contributed by atoms with Crippen LogP contribution in [-0.2, 0) is 4.79 Å². The van der Waals surface area contributed by atoms with Crippen LogP contribution in [0.15, 0.2) is 24.3 Å². The van der Waals surface area contributed by atoms with Gasteiger partial charge >= 0.3 is 6.03 Å². The number of carbonyl (C=O) groups is 2. The van der Waals surface area contributed by atoms with E-state index in [1.54, 1.807) is 6.92 Å². The van der Waals surface area contributed by atoms with Gasteiger partial charge in [-0.1, -0.05) is 23.7 Å². The van der Waals surface area contributed by atoms with E-state index in [9.17, 15) is 9.59 Å². The molecule has 0 aliphatic carbocycles. The second-order valence-electron chi connectivity index (χ2n) is 6.38. The van der Waals surface area contributed by atoms with Crippen molar-refractivity contribution in [2.24, 2.45) is 0 Å². The van der Waals surface area contributed by atoms with E-state index >= 15 is 0 Å². The molecule has 2 aliphatic heterocycles. The number of nitrogens with zero attached hydrogens (tertiary/aromatic N) is 2. The molecule has 124 valence electrons. The Kier molecular flexibility index (Phi) is 4.76. The predicted octanol–water partition coefficient (Wildman–Crippen LogP) is 2.46. The fourth-order valence-electron chi connectivity index (χ4n) is 3.19. The molecule has 5 nitrogen and oxygen atoms in total. The molecule has 6 heteroatoms. The van der Waals surface area contributed by atoms with Crippen LogP contribution < -0.4 is 5.32 Å². The molecular weight excluding hydrogens is 314 g/mol. The van der Waals surface area contributed by atoms with Gasteiger partial charge in [-0.05, 0) is 30.5 Å². The Morgan fingerprint density at radius 2 is 1.70 bits per heavy atom. The molecule has 0 radical (unpaired) electrons. The summed E-state index contributed by atoms with van der Waals surface area (Å²) in [5.41, 5.74) is 1.23. The van der Waals surface area contributed by atoms with Crippen LogP contribution in [0.4, 0.5) is 4.79 Å². The minimum absolute atomic E-state index is 0.0106. The molecule has 0 atom stereocenters. The summed E-state index contributed by atoms with van der Waals surface area (Å²) in [7, 11) is 0. The van der Waals surface area contributed by atoms with Crippen molar-refractivity contribution in [1.82, 2.24) is 15.1 Å². The first-order valence-corrected chi connectivity index (χ1v) is 8.47. The number of halogens is 1. The van der Waals surface area contributed by atoms with Crippen molar-refractivity contribution in [3.05, 3.63) is 34.9 Å². The number of carbonyl (C=O) groups excluding carboxylic acids is 2. The average Bonchev–Trinajstić information content (AvgIpc) is 2.48. The van der Waals surface area contributed by atoms with Gasteiger partial charge in [-0.2, -0.15) is 0 Å². The molecule has 23 heavy (non-hydrogen) atoms. The van der Waals surface area contributed by atoms with Crippen LogP contribution in [0, 0.1) is 0 Å². The lowest BCUT2D eigenvalue weighted by molar-refractivity contribution is -0.129. The molecule has 1 N–H and O–H groups in total. The predicted molar refractivity (Wildman–Crippen MR) is 89.6 cm³/mol. The number of nitrogens with one attached hydrogen (secondary N) is 1. The van der Waals surface area contributed by atoms with Gasteiger partial charge in [-0.25, -0.2) is 4.79 Å². The highest BCUT2D eigenvalue weighted by Crippen LogP contribution is 2.28. The van der Waals surface area contributed by atoms with Crippen LogP contribution in [0.1, 0.15) is 31.2 Å². The number of urea groups is 1. The van der Waals surface area contributed by atoms with Crippen molar-refractivity contribution >= 4 is 23.5 Å². The maximum atomic E-state index is 12.3. The second kappa shape index (κ2) is 6.79. The van der Waals surface area contributed by atoms with Crippen molar-refractivity contribution in [2.45, 2.75) is 31.7 Å². The second-order valence-corrected chi connectivity index (χ2v) is 6.82. The van der Waals surface area contributed by atoms with E-state index in [1.165, 1.54) is 5.56 Å². The quantitative estimate of drug-likeness (QED) is 0.902. The van der Waals surface area contributed by atoms with Crippen molar-refractivity contribution in [3.63, 3.8) is 0 Å². The first-order chi connectivity index (χ1) is 11.0. The van der Waals surface area contributed by atoms with Crippen LogP contribution in [0.5, 0.6) is 0 Å². The first-order valence-electron chi connectivity index (χ1n) is 8.09. The topological polar surface area (TPSA) is 52.7 Å². The van der Waals surface area contributed by atoms with E-state index in [4.69, 9.17) is 11.6 Å². The molecule has 0 unspecified atom stereocenters. The van der Waals surface area contributed by atoms with Crippen molar-refractivity contribution in [2.75, 3.05) is 26.2 Å². The number of hydrogen-bond acceptors (Lipinski definition) is 2. The molecular formula is C17H22ClN3O2. The first kappa shape index (κ1) is 16.1. The maximum Gasteiger partial charge on any atom is 0.317 e. The summed E-state index contributed by atoms with van der Waals surface area (Å²) in [6.07, 6.45) is 1.67. The van der Waals surface area contributed by atoms with Crippen LogP contribution >= 0.6 is 11.6 Å². The zero-order valence-electron chi connectivity index (χ0n) is 13.3. The SMILES string of the molecule is CC(=O)N1CCC(NC(=O)N2CC(c3ccc(Cl)cc3)C2)CC1. The van der Waals surface area contributed by atoms with Gasteiger partial charge in [0.2, 0.25) is 5.91 Å². The van der Waals surface area contributed by atoms with E-state index in [-0.39, 0.29) is 18.0 Å². The lowest BCUT2D eigenvalue weighted by atomic mass is 9.92. The Hall–Kier alpha value is -1.75. The maximum absolute atomic E-state index is 12.3. The molecule has 2 heterocycles. The third-order valence-corrected chi connectivity index (χ3v) is 5.03. The molecule has 1 aromatic rings. The number of rotatable bonds is 2. The molecule has 0 spiro atoms. The Morgan fingerprint density at radius 1 is 1.09 bits per heavy atom. The number of benzene rings is 1. The summed E-state index contributed by atoms with van der Waals surface area (Å²) in [4.78, 5) is 27.2. The Labute approximate surface area is 141 Å². The van der Waals surface area contributed by atoms with Crippen molar-refractivity contribution in [3.8, 4) is 0 Å². The zero-order chi connectivity index (χ0) is 16.4. The highest BCUT2D eigenvalue weighted by molar-refractivity contribution is 6.30. The van der Waals surface area contributed by atoms with Crippen molar-refractivity contribution in [1.29, 1.82) is 0 Å². The third kappa shape index (κ3) is 3.78. The van der Waals surface area contributed by atoms with Gasteiger partial charge in [-0.15, -0.1) is 0 Å². The normalized spacial score (nSPS) is 19.4. The standard InChI is InChI=1S/C17H22ClN3O2/c1-12(22)20-8-6-16(7-9-20)19-17(23)21-10-14(11-21)13-2-4-15(18)5-3-13/h2-5,14,16H,6-11H2,1H3,(H,19,23). The Balaban J connectivity index is 1.43. The largest absolute Gasteiger partial charge is 0.343 e. The van der Waals surface area contributed by atoms with Gasteiger partial charge in [0.05, 0.1) is 0 Å². The van der Waals surface area contributed by atoms with Gasteiger partial charge in [0, 0.05) is 50.1 Å². The van der Waals surface area contributed by atoms with Gasteiger partial charge < -0.3 is 15.1 Å². The highest BCUT2D eigenvalue weighted by Gasteiger charge is 2.33. The van der Waals surface area contributed by atoms with Gasteiger partial charge in [0.1, 0.15) is 0 Å². The van der Waals surface area contributed by atoms with Crippen LogP contribution in [0.25, 0.3) is 0 Å². The van der Waals surface area contributed by atoms with Crippen LogP contribution in [-0.4, -0.2) is 54.0 Å². The summed E-state index contributed by atoms with van der Waals surface area (Å²) >= 11 is 5.90. The minimum Gasteiger partial charge on any atom is -0.343 e. The van der Waals surface area contributed by atoms with Gasteiger partial charge in [0.15, 0.2) is 0 Å². The molecule has 3 rings (SSSR count). The lowest BCUT2D eigenvalue weighted by Gasteiger charge is -2.41. The molecule has 2 fully saturated rings. The monoisotopic (exact) mass is 335 g/mol. The van der Waals surface area contributed by atoms with Crippen LogP contribution in [0.3, 0.4) is 0 Å². The number of hydrogen-bond donors (Lipinski definition) is 1. The molecule has 1 aromatic carbocycles. The average molecular weight is 336 g/mol. The zero-order valence-corrected chi connectivity index (χ0v) is 14.1.